The molecule has 5 rings (SSSR count). The van der Waals surface area contributed by atoms with E-state index in [9.17, 15) is 4.79 Å². The molecule has 1 fully saturated rings. The second-order valence-corrected chi connectivity index (χ2v) is 7.79. The van der Waals surface area contributed by atoms with Crippen LogP contribution >= 0.6 is 0 Å². The monoisotopic (exact) mass is 561 g/mol. The fourth-order valence-corrected chi connectivity index (χ4v) is 3.91. The number of rotatable bonds is 4. The summed E-state index contributed by atoms with van der Waals surface area (Å²) >= 11 is 0. The number of carbonyl (C=O) groups excluding carboxylic acids is 1. The van der Waals surface area contributed by atoms with Crippen LogP contribution < -0.4 is 33.3 Å². The van der Waals surface area contributed by atoms with E-state index in [1.807, 2.05) is 36.2 Å². The lowest BCUT2D eigenvalue weighted by atomic mass is 10.3. The minimum atomic E-state index is -0.167. The van der Waals surface area contributed by atoms with Crippen molar-refractivity contribution in [1.29, 1.82) is 0 Å². The number of hydrogen-bond donors (Lipinski definition) is 0. The van der Waals surface area contributed by atoms with E-state index in [0.29, 0.717) is 42.5 Å². The van der Waals surface area contributed by atoms with E-state index in [-0.39, 0.29) is 36.1 Å². The molecule has 0 bridgehead atoms. The van der Waals surface area contributed by atoms with Crippen LogP contribution in [0.1, 0.15) is 19.2 Å². The van der Waals surface area contributed by atoms with Gasteiger partial charge < -0.3 is 38.2 Å². The number of halogens is 1. The highest BCUT2D eigenvalue weighted by atomic mass is 127. The van der Waals surface area contributed by atoms with Gasteiger partial charge in [0.25, 0.3) is 6.33 Å². The van der Waals surface area contributed by atoms with Crippen molar-refractivity contribution >= 4 is 17.2 Å². The topological polar surface area (TPSA) is 108 Å². The van der Waals surface area contributed by atoms with Crippen LogP contribution in [0, 0.1) is 6.92 Å². The lowest BCUT2D eigenvalue weighted by molar-refractivity contribution is -0.670. The van der Waals surface area contributed by atoms with Crippen LogP contribution in [0.2, 0.25) is 0 Å². The normalized spacial score (nSPS) is 15.6. The molecule has 0 radical (unpaired) electrons. The van der Waals surface area contributed by atoms with Crippen molar-refractivity contribution in [1.82, 2.24) is 39.0 Å². The molecular weight excluding hydrogens is 537 g/mol. The molecule has 0 aliphatic carbocycles. The minimum absolute atomic E-state index is 0. The first-order valence-corrected chi connectivity index (χ1v) is 10.5. The molecule has 1 aliphatic heterocycles. The van der Waals surface area contributed by atoms with Crippen LogP contribution in [0.3, 0.4) is 0 Å². The third-order valence-corrected chi connectivity index (χ3v) is 5.54. The zero-order valence-corrected chi connectivity index (χ0v) is 20.7. The maximum atomic E-state index is 12.7. The van der Waals surface area contributed by atoms with Gasteiger partial charge in [-0.1, -0.05) is 0 Å². The van der Waals surface area contributed by atoms with Gasteiger partial charge in [-0.3, -0.25) is 0 Å². The second kappa shape index (κ2) is 9.37. The Morgan fingerprint density at radius 2 is 2.03 bits per heavy atom. The van der Waals surface area contributed by atoms with E-state index in [0.717, 1.165) is 17.8 Å². The van der Waals surface area contributed by atoms with Crippen LogP contribution in [-0.2, 0) is 13.6 Å². The summed E-state index contributed by atoms with van der Waals surface area (Å²) < 4.78 is 11.6. The molecule has 0 N–H and O–H groups in total. The lowest BCUT2D eigenvalue weighted by Crippen LogP contribution is -3.00. The average Bonchev–Trinajstić information content (AvgIpc) is 3.52. The third-order valence-electron chi connectivity index (χ3n) is 5.54. The van der Waals surface area contributed by atoms with Gasteiger partial charge in [-0.15, -0.1) is 0 Å². The number of nitrogens with zero attached hydrogens (tertiary/aromatic N) is 9. The minimum Gasteiger partial charge on any atom is -1.00 e. The molecule has 0 aromatic carbocycles. The van der Waals surface area contributed by atoms with Gasteiger partial charge in [0.2, 0.25) is 5.88 Å². The number of likely N-dealkylation sites (tertiary alicyclic amines) is 1. The summed E-state index contributed by atoms with van der Waals surface area (Å²) in [4.78, 5) is 36.6. The summed E-state index contributed by atoms with van der Waals surface area (Å²) in [5.74, 6) is 1.84. The predicted octanol–water partition coefficient (Wildman–Crippen LogP) is -1.64. The Labute approximate surface area is 207 Å². The van der Waals surface area contributed by atoms with E-state index in [1.54, 1.807) is 34.4 Å². The number of hydrogen-bond acceptors (Lipinski definition) is 7. The highest BCUT2D eigenvalue weighted by Gasteiger charge is 2.32. The largest absolute Gasteiger partial charge is 1.00 e. The third kappa shape index (κ3) is 4.38. The number of aromatic nitrogens is 8. The van der Waals surface area contributed by atoms with Gasteiger partial charge in [-0.25, -0.2) is 29.3 Å². The van der Waals surface area contributed by atoms with E-state index < -0.39 is 0 Å². The van der Waals surface area contributed by atoms with Crippen molar-refractivity contribution in [2.24, 2.45) is 7.05 Å². The number of imidazole rings is 2. The summed E-state index contributed by atoms with van der Waals surface area (Å²) in [6, 6.07) is -0.0681. The van der Waals surface area contributed by atoms with Crippen molar-refractivity contribution in [3.63, 3.8) is 0 Å². The Balaban J connectivity index is 0.00000259. The molecule has 1 amide bonds. The number of amides is 1. The van der Waals surface area contributed by atoms with Gasteiger partial charge in [0.15, 0.2) is 11.2 Å². The molecule has 1 saturated heterocycles. The fraction of sp³-hybridized carbons (Fsp3) is 0.381. The Morgan fingerprint density at radius 3 is 2.73 bits per heavy atom. The predicted molar refractivity (Wildman–Crippen MR) is 114 cm³/mol. The van der Waals surface area contributed by atoms with Gasteiger partial charge >= 0.3 is 6.03 Å². The van der Waals surface area contributed by atoms with Crippen molar-refractivity contribution in [2.75, 3.05) is 13.1 Å². The molecule has 0 unspecified atom stereocenters. The summed E-state index contributed by atoms with van der Waals surface area (Å²) in [6.07, 6.45) is 10.9. The Kier molecular flexibility index (Phi) is 6.54. The zero-order valence-electron chi connectivity index (χ0n) is 18.6. The number of carbonyl (C=O) groups is 1. The van der Waals surface area contributed by atoms with Crippen molar-refractivity contribution in [2.45, 2.75) is 32.9 Å². The van der Waals surface area contributed by atoms with Crippen LogP contribution in [0.5, 0.6) is 5.88 Å². The molecular formula is C21H24IN9O2. The highest BCUT2D eigenvalue weighted by Crippen LogP contribution is 2.29. The van der Waals surface area contributed by atoms with Crippen LogP contribution in [0.25, 0.3) is 22.6 Å². The lowest BCUT2D eigenvalue weighted by Gasteiger charge is -2.14. The summed E-state index contributed by atoms with van der Waals surface area (Å²) in [5.41, 5.74) is 2.09. The standard InChI is InChI=1S/C21H24N9O2.HI/c1-4-30-18(15-9-22-14(2)23-10-15)26-17-19(30)24-12-25-20(17)32-16-5-6-28(11-16)21(31)29-8-7-27(3)13-29;/h7-10,12-13,16H,4-6,11H2,1-3H3;1H/q+1;/p-1/t16-;/m0./s1. The molecule has 33 heavy (non-hydrogen) atoms. The van der Waals surface area contributed by atoms with Crippen LogP contribution in [0.4, 0.5) is 4.79 Å². The van der Waals surface area contributed by atoms with Gasteiger partial charge in [0, 0.05) is 31.9 Å². The maximum Gasteiger partial charge on any atom is 0.415 e. The smallest absolute Gasteiger partial charge is 0.415 e. The van der Waals surface area contributed by atoms with E-state index in [2.05, 4.69) is 19.9 Å². The van der Waals surface area contributed by atoms with Crippen LogP contribution in [0.15, 0.2) is 37.4 Å². The molecule has 1 atom stereocenters. The van der Waals surface area contributed by atoms with Gasteiger partial charge in [-0.2, -0.15) is 9.55 Å². The number of aryl methyl sites for hydroxylation is 3. The average molecular weight is 561 g/mol. The number of fused-ring (bicyclic) bond motifs is 1. The quantitative estimate of drug-likeness (QED) is 0.218. The zero-order chi connectivity index (χ0) is 22.2. The first-order valence-electron chi connectivity index (χ1n) is 10.5. The van der Waals surface area contributed by atoms with Gasteiger partial charge in [-0.05, 0) is 13.8 Å². The molecule has 5 heterocycles. The molecule has 0 saturated carbocycles. The van der Waals surface area contributed by atoms with Crippen molar-refractivity contribution in [3.05, 3.63) is 43.3 Å². The van der Waals surface area contributed by atoms with E-state index in [4.69, 9.17) is 9.72 Å². The maximum absolute atomic E-state index is 12.7. The molecule has 12 heteroatoms. The fourth-order valence-electron chi connectivity index (χ4n) is 3.91. The molecule has 172 valence electrons. The van der Waals surface area contributed by atoms with E-state index >= 15 is 0 Å². The molecule has 11 nitrogen and oxygen atoms in total. The van der Waals surface area contributed by atoms with E-state index in [1.165, 1.54) is 6.33 Å². The summed E-state index contributed by atoms with van der Waals surface area (Å²) in [6.45, 7) is 5.66. The van der Waals surface area contributed by atoms with Crippen molar-refractivity contribution in [3.8, 4) is 17.3 Å². The highest BCUT2D eigenvalue weighted by molar-refractivity contribution is 5.81. The van der Waals surface area contributed by atoms with Gasteiger partial charge in [0.1, 0.15) is 36.5 Å². The molecule has 4 aromatic heterocycles. The summed E-state index contributed by atoms with van der Waals surface area (Å²) in [7, 11) is 1.88. The SMILES string of the molecule is CCn1c(-c2cnc(C)nc2)nc2c(O[C@H]3CCN(C(=O)n4cc[n+](C)c4)C3)ncnc21.[I-]. The molecule has 4 aromatic rings. The molecule has 0 spiro atoms. The first kappa shape index (κ1) is 23.0. The second-order valence-electron chi connectivity index (χ2n) is 7.79. The Hall–Kier alpha value is -3.16. The van der Waals surface area contributed by atoms with Crippen LogP contribution in [-0.4, -0.2) is 64.2 Å². The Morgan fingerprint density at radius 1 is 1.24 bits per heavy atom. The summed E-state index contributed by atoms with van der Waals surface area (Å²) in [5, 5.41) is 0. The number of ether oxygens (including phenoxy) is 1. The van der Waals surface area contributed by atoms with Gasteiger partial charge in [0.05, 0.1) is 19.2 Å². The van der Waals surface area contributed by atoms with Crippen molar-refractivity contribution < 1.29 is 38.1 Å². The first-order chi connectivity index (χ1) is 15.5. The Bertz CT molecular complexity index is 1280. The molecule has 1 aliphatic rings.